The summed E-state index contributed by atoms with van der Waals surface area (Å²) in [7, 11) is 5.22. The third-order valence-corrected chi connectivity index (χ3v) is 6.07. The SMILES string of the molecule is COc1cc2c(cc1OC)CC(=O)N(CCCN(C)CC(O)COc1ccccc1C)CC2. The smallest absolute Gasteiger partial charge is 0.227 e. The summed E-state index contributed by atoms with van der Waals surface area (Å²) in [6.07, 6.45) is 1.44. The van der Waals surface area contributed by atoms with Crippen LogP contribution in [0.1, 0.15) is 23.1 Å². The number of aliphatic hydroxyl groups excluding tert-OH is 1. The van der Waals surface area contributed by atoms with Crippen molar-refractivity contribution >= 4 is 5.91 Å². The van der Waals surface area contributed by atoms with Crippen LogP contribution in [0.3, 0.4) is 0 Å². The van der Waals surface area contributed by atoms with Gasteiger partial charge < -0.3 is 29.1 Å². The van der Waals surface area contributed by atoms with E-state index in [0.29, 0.717) is 37.6 Å². The fourth-order valence-electron chi connectivity index (χ4n) is 4.19. The topological polar surface area (TPSA) is 71.5 Å². The van der Waals surface area contributed by atoms with E-state index in [2.05, 4.69) is 4.90 Å². The van der Waals surface area contributed by atoms with Crippen molar-refractivity contribution in [3.8, 4) is 17.2 Å². The minimum atomic E-state index is -0.575. The summed E-state index contributed by atoms with van der Waals surface area (Å²) < 4.78 is 16.5. The lowest BCUT2D eigenvalue weighted by Crippen LogP contribution is -2.37. The Morgan fingerprint density at radius 1 is 1.09 bits per heavy atom. The van der Waals surface area contributed by atoms with Crippen molar-refractivity contribution < 1.29 is 24.1 Å². The van der Waals surface area contributed by atoms with E-state index in [-0.39, 0.29) is 12.5 Å². The van der Waals surface area contributed by atoms with Gasteiger partial charge in [0.05, 0.1) is 20.6 Å². The predicted molar refractivity (Wildman–Crippen MR) is 128 cm³/mol. The van der Waals surface area contributed by atoms with Crippen LogP contribution in [0.5, 0.6) is 17.2 Å². The van der Waals surface area contributed by atoms with E-state index in [1.165, 1.54) is 0 Å². The molecule has 1 unspecified atom stereocenters. The van der Waals surface area contributed by atoms with E-state index in [4.69, 9.17) is 14.2 Å². The molecule has 0 aliphatic carbocycles. The zero-order chi connectivity index (χ0) is 23.8. The van der Waals surface area contributed by atoms with Crippen LogP contribution >= 0.6 is 0 Å². The van der Waals surface area contributed by atoms with Gasteiger partial charge in [0.1, 0.15) is 18.5 Å². The molecule has 33 heavy (non-hydrogen) atoms. The van der Waals surface area contributed by atoms with Crippen molar-refractivity contribution in [1.29, 1.82) is 0 Å². The minimum Gasteiger partial charge on any atom is -0.493 e. The molecule has 1 aliphatic rings. The van der Waals surface area contributed by atoms with Gasteiger partial charge in [0, 0.05) is 19.6 Å². The van der Waals surface area contributed by atoms with Gasteiger partial charge in [-0.1, -0.05) is 18.2 Å². The molecule has 1 N–H and O–H groups in total. The second kappa shape index (κ2) is 11.9. The molecule has 2 aromatic carbocycles. The molecule has 0 bridgehead atoms. The van der Waals surface area contributed by atoms with E-state index in [9.17, 15) is 9.90 Å². The molecule has 0 saturated heterocycles. The van der Waals surface area contributed by atoms with Gasteiger partial charge in [0.15, 0.2) is 11.5 Å². The monoisotopic (exact) mass is 456 g/mol. The molecule has 0 spiro atoms. The van der Waals surface area contributed by atoms with E-state index in [1.54, 1.807) is 14.2 Å². The van der Waals surface area contributed by atoms with Crippen LogP contribution in [0.4, 0.5) is 0 Å². The van der Waals surface area contributed by atoms with Crippen LogP contribution in [-0.2, 0) is 17.6 Å². The summed E-state index contributed by atoms with van der Waals surface area (Å²) in [5, 5.41) is 10.3. The average molecular weight is 457 g/mol. The average Bonchev–Trinajstić information content (AvgIpc) is 2.95. The lowest BCUT2D eigenvalue weighted by molar-refractivity contribution is -0.130. The maximum atomic E-state index is 12.8. The molecule has 7 nitrogen and oxygen atoms in total. The standard InChI is InChI=1S/C26H36N2O5/c1-19-8-5-6-9-23(19)33-18-22(29)17-27(2)11-7-12-28-13-10-20-14-24(31-3)25(32-4)15-21(20)16-26(28)30/h5-6,8-9,14-15,22,29H,7,10-13,16-18H2,1-4H3. The number of likely N-dealkylation sites (N-methyl/N-ethyl adjacent to an activating group) is 1. The van der Waals surface area contributed by atoms with Crippen molar-refractivity contribution in [2.45, 2.75) is 32.3 Å². The summed E-state index contributed by atoms with van der Waals surface area (Å²) in [5.74, 6) is 2.29. The Balaban J connectivity index is 1.43. The molecule has 1 heterocycles. The first kappa shape index (κ1) is 24.9. The highest BCUT2D eigenvalue weighted by atomic mass is 16.5. The second-order valence-electron chi connectivity index (χ2n) is 8.63. The first-order valence-corrected chi connectivity index (χ1v) is 11.5. The van der Waals surface area contributed by atoms with Gasteiger partial charge in [-0.15, -0.1) is 0 Å². The first-order chi connectivity index (χ1) is 15.9. The molecule has 3 rings (SSSR count). The zero-order valence-electron chi connectivity index (χ0n) is 20.2. The summed E-state index contributed by atoms with van der Waals surface area (Å²) >= 11 is 0. The molecule has 2 aromatic rings. The number of benzene rings is 2. The number of aliphatic hydroxyl groups is 1. The number of para-hydroxylation sites is 1. The van der Waals surface area contributed by atoms with Crippen LogP contribution in [0.25, 0.3) is 0 Å². The van der Waals surface area contributed by atoms with Gasteiger partial charge in [0.2, 0.25) is 5.91 Å². The summed E-state index contributed by atoms with van der Waals surface area (Å²) in [6.45, 7) is 4.94. The van der Waals surface area contributed by atoms with Gasteiger partial charge in [-0.05, 0) is 68.2 Å². The summed E-state index contributed by atoms with van der Waals surface area (Å²) in [4.78, 5) is 16.8. The van der Waals surface area contributed by atoms with Crippen LogP contribution in [-0.4, -0.2) is 81.0 Å². The molecule has 7 heteroatoms. The zero-order valence-corrected chi connectivity index (χ0v) is 20.2. The first-order valence-electron chi connectivity index (χ1n) is 11.5. The maximum Gasteiger partial charge on any atom is 0.227 e. The molecule has 180 valence electrons. The normalized spacial score (nSPS) is 14.6. The van der Waals surface area contributed by atoms with E-state index >= 15 is 0 Å². The fraction of sp³-hybridized carbons (Fsp3) is 0.500. The number of ether oxygens (including phenoxy) is 3. The highest BCUT2D eigenvalue weighted by molar-refractivity contribution is 5.80. The highest BCUT2D eigenvalue weighted by Crippen LogP contribution is 2.32. The number of rotatable bonds is 11. The Labute approximate surface area is 196 Å². The Bertz CT molecular complexity index is 933. The number of hydrogen-bond acceptors (Lipinski definition) is 6. The molecule has 1 amide bonds. The van der Waals surface area contributed by atoms with Gasteiger partial charge in [-0.25, -0.2) is 0 Å². The number of hydrogen-bond donors (Lipinski definition) is 1. The number of aryl methyl sites for hydroxylation is 1. The number of carbonyl (C=O) groups excluding carboxylic acids is 1. The molecule has 1 atom stereocenters. The fourth-order valence-corrected chi connectivity index (χ4v) is 4.19. The Hall–Kier alpha value is -2.77. The molecule has 0 aromatic heterocycles. The van der Waals surface area contributed by atoms with Gasteiger partial charge in [-0.3, -0.25) is 4.79 Å². The number of methoxy groups -OCH3 is 2. The Morgan fingerprint density at radius 3 is 2.48 bits per heavy atom. The summed E-state index contributed by atoms with van der Waals surface area (Å²) in [6, 6.07) is 11.7. The maximum absolute atomic E-state index is 12.8. The minimum absolute atomic E-state index is 0.135. The number of nitrogens with zero attached hydrogens (tertiary/aromatic N) is 2. The highest BCUT2D eigenvalue weighted by Gasteiger charge is 2.22. The molecule has 0 saturated carbocycles. The molecule has 0 fully saturated rings. The quantitative estimate of drug-likeness (QED) is 0.561. The lowest BCUT2D eigenvalue weighted by atomic mass is 10.0. The third-order valence-electron chi connectivity index (χ3n) is 6.07. The number of amides is 1. The largest absolute Gasteiger partial charge is 0.493 e. The summed E-state index contributed by atoms with van der Waals surface area (Å²) in [5.41, 5.74) is 3.20. The molecule has 1 aliphatic heterocycles. The van der Waals surface area contributed by atoms with Crippen molar-refractivity contribution in [2.75, 3.05) is 54.1 Å². The van der Waals surface area contributed by atoms with Gasteiger partial charge >= 0.3 is 0 Å². The lowest BCUT2D eigenvalue weighted by Gasteiger charge is -2.24. The molecule has 0 radical (unpaired) electrons. The van der Waals surface area contributed by atoms with E-state index in [1.807, 2.05) is 55.3 Å². The Kier molecular flexibility index (Phi) is 8.97. The molecular weight excluding hydrogens is 420 g/mol. The predicted octanol–water partition coefficient (Wildman–Crippen LogP) is 2.70. The van der Waals surface area contributed by atoms with Crippen LogP contribution in [0.2, 0.25) is 0 Å². The number of carbonyl (C=O) groups is 1. The Morgan fingerprint density at radius 2 is 1.79 bits per heavy atom. The van der Waals surface area contributed by atoms with Crippen molar-refractivity contribution in [3.63, 3.8) is 0 Å². The van der Waals surface area contributed by atoms with Crippen LogP contribution in [0.15, 0.2) is 36.4 Å². The van der Waals surface area contributed by atoms with E-state index < -0.39 is 6.10 Å². The number of fused-ring (bicyclic) bond motifs is 1. The van der Waals surface area contributed by atoms with Crippen LogP contribution < -0.4 is 14.2 Å². The van der Waals surface area contributed by atoms with Crippen molar-refractivity contribution in [1.82, 2.24) is 9.80 Å². The van der Waals surface area contributed by atoms with Crippen molar-refractivity contribution in [2.24, 2.45) is 0 Å². The molecular formula is C26H36N2O5. The van der Waals surface area contributed by atoms with Gasteiger partial charge in [-0.2, -0.15) is 0 Å². The third kappa shape index (κ3) is 6.85. The second-order valence-corrected chi connectivity index (χ2v) is 8.63. The van der Waals surface area contributed by atoms with Crippen molar-refractivity contribution in [3.05, 3.63) is 53.1 Å². The van der Waals surface area contributed by atoms with Crippen LogP contribution in [0, 0.1) is 6.92 Å². The van der Waals surface area contributed by atoms with Gasteiger partial charge in [0.25, 0.3) is 0 Å². The van der Waals surface area contributed by atoms with E-state index in [0.717, 1.165) is 41.8 Å².